The van der Waals surface area contributed by atoms with E-state index in [1.165, 1.54) is 29.9 Å². The Morgan fingerprint density at radius 2 is 1.88 bits per heavy atom. The number of benzene rings is 1. The number of nitrogens with zero attached hydrogens (tertiary/aromatic N) is 6. The number of halogens is 1. The highest BCUT2D eigenvalue weighted by Gasteiger charge is 2.31. The minimum Gasteiger partial charge on any atom is -0.392 e. The molecular formula is C30H27FN8O4. The van der Waals surface area contributed by atoms with Crippen molar-refractivity contribution in [3.63, 3.8) is 0 Å². The average molecular weight is 583 g/mol. The van der Waals surface area contributed by atoms with Gasteiger partial charge < -0.3 is 20.7 Å². The Bertz CT molecular complexity index is 1930. The zero-order chi connectivity index (χ0) is 30.2. The number of amides is 1. The number of nitrogen functional groups attached to an aromatic ring is 1. The van der Waals surface area contributed by atoms with Gasteiger partial charge in [-0.1, -0.05) is 6.07 Å². The molecule has 1 aliphatic heterocycles. The molecule has 1 aliphatic rings. The Morgan fingerprint density at radius 1 is 1.12 bits per heavy atom. The zero-order valence-electron chi connectivity index (χ0n) is 23.1. The molecule has 5 heterocycles. The molecule has 4 aromatic heterocycles. The van der Waals surface area contributed by atoms with E-state index in [0.717, 1.165) is 0 Å². The highest BCUT2D eigenvalue weighted by Crippen LogP contribution is 2.35. The summed E-state index contributed by atoms with van der Waals surface area (Å²) < 4.78 is 15.3. The molecule has 1 fully saturated rings. The Balaban J connectivity index is 1.31. The molecule has 13 heteroatoms. The van der Waals surface area contributed by atoms with Crippen LogP contribution in [0.2, 0.25) is 0 Å². The normalized spacial score (nSPS) is 13.9. The van der Waals surface area contributed by atoms with E-state index >= 15 is 0 Å². The van der Waals surface area contributed by atoms with Gasteiger partial charge in [0.05, 0.1) is 29.8 Å². The molecule has 6 rings (SSSR count). The van der Waals surface area contributed by atoms with Crippen LogP contribution in [-0.2, 0) is 6.61 Å². The summed E-state index contributed by atoms with van der Waals surface area (Å²) in [5.41, 5.74) is 9.85. The quantitative estimate of drug-likeness (QED) is 0.254. The van der Waals surface area contributed by atoms with Crippen molar-refractivity contribution in [1.82, 2.24) is 34.4 Å². The standard InChI is InChI=1S/C30H27FN8O4/c1-16(41)24-25(17-6-10-38(11-7-17)30(43)26-29(42)34-9-8-33-26)37-28-21(14-36-39(28)27(24)32)19-3-5-23(35-13-19)18-2-4-22(31)20(12-18)15-40/h2-5,8-9,12-14,17,40H,6-7,10-11,15,32H2,1H3,(H,34,42). The van der Waals surface area contributed by atoms with Gasteiger partial charge in [0.25, 0.3) is 11.5 Å². The van der Waals surface area contributed by atoms with E-state index in [0.29, 0.717) is 59.7 Å². The molecule has 12 nitrogen and oxygen atoms in total. The minimum atomic E-state index is -0.545. The fourth-order valence-corrected chi connectivity index (χ4v) is 5.48. The summed E-state index contributed by atoms with van der Waals surface area (Å²) in [5.74, 6) is -1.17. The highest BCUT2D eigenvalue weighted by atomic mass is 19.1. The van der Waals surface area contributed by atoms with Gasteiger partial charge in [-0.25, -0.2) is 14.4 Å². The molecular weight excluding hydrogens is 555 g/mol. The number of rotatable bonds is 6. The summed E-state index contributed by atoms with van der Waals surface area (Å²) in [6, 6.07) is 8.05. The van der Waals surface area contributed by atoms with E-state index in [2.05, 4.69) is 20.1 Å². The number of Topliss-reactive ketones (excluding diaryl/α,β-unsaturated/α-hetero) is 1. The minimum absolute atomic E-state index is 0.161. The third-order valence-electron chi connectivity index (χ3n) is 7.73. The molecule has 0 aliphatic carbocycles. The Hall–Kier alpha value is -5.30. The van der Waals surface area contributed by atoms with Crippen molar-refractivity contribution in [3.8, 4) is 22.4 Å². The van der Waals surface area contributed by atoms with E-state index in [1.807, 2.05) is 6.07 Å². The van der Waals surface area contributed by atoms with Crippen LogP contribution >= 0.6 is 0 Å². The van der Waals surface area contributed by atoms with Gasteiger partial charge in [-0.3, -0.25) is 19.4 Å². The fourth-order valence-electron chi connectivity index (χ4n) is 5.48. The van der Waals surface area contributed by atoms with Gasteiger partial charge in [0.2, 0.25) is 0 Å². The average Bonchev–Trinajstić information content (AvgIpc) is 3.45. The van der Waals surface area contributed by atoms with Gasteiger partial charge in [0.15, 0.2) is 17.1 Å². The zero-order valence-corrected chi connectivity index (χ0v) is 23.1. The lowest BCUT2D eigenvalue weighted by Gasteiger charge is -2.32. The number of aliphatic hydroxyl groups is 1. The van der Waals surface area contributed by atoms with Crippen LogP contribution in [0, 0.1) is 5.82 Å². The van der Waals surface area contributed by atoms with Gasteiger partial charge in [0, 0.05) is 59.9 Å². The number of carbonyl (C=O) groups excluding carboxylic acids is 2. The number of hydrogen-bond acceptors (Lipinski definition) is 9. The van der Waals surface area contributed by atoms with Crippen LogP contribution in [0.1, 0.15) is 57.8 Å². The van der Waals surface area contributed by atoms with Crippen LogP contribution in [-0.4, -0.2) is 64.3 Å². The lowest BCUT2D eigenvalue weighted by Crippen LogP contribution is -2.41. The molecule has 0 spiro atoms. The lowest BCUT2D eigenvalue weighted by atomic mass is 9.89. The van der Waals surface area contributed by atoms with Gasteiger partial charge in [-0.05, 0) is 44.0 Å². The highest BCUT2D eigenvalue weighted by molar-refractivity contribution is 6.00. The molecule has 0 radical (unpaired) electrons. The van der Waals surface area contributed by atoms with Crippen molar-refractivity contribution in [1.29, 1.82) is 0 Å². The lowest BCUT2D eigenvalue weighted by molar-refractivity contribution is 0.0703. The van der Waals surface area contributed by atoms with Crippen molar-refractivity contribution >= 4 is 23.2 Å². The monoisotopic (exact) mass is 582 g/mol. The summed E-state index contributed by atoms with van der Waals surface area (Å²) >= 11 is 0. The number of aromatic nitrogens is 6. The number of likely N-dealkylation sites (tertiary alicyclic amines) is 1. The number of nitrogens with one attached hydrogen (secondary N) is 1. The maximum atomic E-state index is 13.8. The smallest absolute Gasteiger partial charge is 0.279 e. The predicted molar refractivity (Wildman–Crippen MR) is 155 cm³/mol. The van der Waals surface area contributed by atoms with E-state index < -0.39 is 23.9 Å². The molecule has 1 aromatic carbocycles. The summed E-state index contributed by atoms with van der Waals surface area (Å²) in [7, 11) is 0. The van der Waals surface area contributed by atoms with Crippen LogP contribution in [0.4, 0.5) is 10.2 Å². The number of carbonyl (C=O) groups is 2. The van der Waals surface area contributed by atoms with Crippen molar-refractivity contribution in [2.75, 3.05) is 18.8 Å². The number of anilines is 1. The predicted octanol–water partition coefficient (Wildman–Crippen LogP) is 2.98. The van der Waals surface area contributed by atoms with Gasteiger partial charge in [-0.15, -0.1) is 0 Å². The fraction of sp³-hybridized carbons (Fsp3) is 0.233. The van der Waals surface area contributed by atoms with Gasteiger partial charge >= 0.3 is 0 Å². The number of piperidine rings is 1. The molecule has 4 N–H and O–H groups in total. The number of nitrogens with two attached hydrogens (primary N) is 1. The number of H-pyrrole nitrogens is 1. The Labute approximate surface area is 244 Å². The SMILES string of the molecule is CC(=O)c1c(C2CCN(C(=O)c3ncc[nH]c3=O)CC2)nc2c(-c3ccc(-c4ccc(F)c(CO)c4)nc3)cnn2c1N. The second-order valence-electron chi connectivity index (χ2n) is 10.3. The largest absolute Gasteiger partial charge is 0.392 e. The molecule has 0 unspecified atom stereocenters. The van der Waals surface area contributed by atoms with E-state index in [9.17, 15) is 23.9 Å². The summed E-state index contributed by atoms with van der Waals surface area (Å²) in [6.07, 6.45) is 7.00. The first-order valence-corrected chi connectivity index (χ1v) is 13.6. The molecule has 0 bridgehead atoms. The number of hydrogen-bond donors (Lipinski definition) is 3. The van der Waals surface area contributed by atoms with E-state index in [1.54, 1.807) is 35.5 Å². The van der Waals surface area contributed by atoms with Gasteiger partial charge in [0.1, 0.15) is 11.6 Å². The number of ketones is 1. The summed E-state index contributed by atoms with van der Waals surface area (Å²) in [6.45, 7) is 1.71. The molecule has 1 amide bonds. The maximum absolute atomic E-state index is 13.8. The first-order chi connectivity index (χ1) is 20.8. The van der Waals surface area contributed by atoms with E-state index in [-0.39, 0.29) is 34.3 Å². The molecule has 0 atom stereocenters. The number of aromatic amines is 1. The number of pyridine rings is 1. The van der Waals surface area contributed by atoms with Gasteiger partial charge in [-0.2, -0.15) is 9.61 Å². The second-order valence-corrected chi connectivity index (χ2v) is 10.3. The topological polar surface area (TPSA) is 172 Å². The Kier molecular flexibility index (Phi) is 7.24. The summed E-state index contributed by atoms with van der Waals surface area (Å²) in [4.78, 5) is 55.1. The molecule has 43 heavy (non-hydrogen) atoms. The van der Waals surface area contributed by atoms with Crippen molar-refractivity contribution in [2.24, 2.45) is 0 Å². The van der Waals surface area contributed by atoms with Crippen LogP contribution in [0.5, 0.6) is 0 Å². The summed E-state index contributed by atoms with van der Waals surface area (Å²) in [5, 5.41) is 13.8. The Morgan fingerprint density at radius 3 is 2.56 bits per heavy atom. The maximum Gasteiger partial charge on any atom is 0.279 e. The van der Waals surface area contributed by atoms with Crippen LogP contribution < -0.4 is 11.3 Å². The second kappa shape index (κ2) is 11.2. The van der Waals surface area contributed by atoms with Crippen molar-refractivity contribution < 1.29 is 19.1 Å². The number of fused-ring (bicyclic) bond motifs is 1. The number of aliphatic hydroxyl groups excluding tert-OH is 1. The molecule has 218 valence electrons. The van der Waals surface area contributed by atoms with Crippen LogP contribution in [0.3, 0.4) is 0 Å². The molecule has 0 saturated carbocycles. The third-order valence-corrected chi connectivity index (χ3v) is 7.73. The van der Waals surface area contributed by atoms with Crippen molar-refractivity contribution in [3.05, 3.63) is 93.8 Å². The van der Waals surface area contributed by atoms with Crippen molar-refractivity contribution in [2.45, 2.75) is 32.3 Å². The molecule has 5 aromatic rings. The first-order valence-electron chi connectivity index (χ1n) is 13.6. The first kappa shape index (κ1) is 27.8. The van der Waals surface area contributed by atoms with Crippen LogP contribution in [0.15, 0.2) is 59.9 Å². The molecule has 1 saturated heterocycles. The van der Waals surface area contributed by atoms with Crippen LogP contribution in [0.25, 0.3) is 28.0 Å². The third kappa shape index (κ3) is 5.03. The van der Waals surface area contributed by atoms with E-state index in [4.69, 9.17) is 10.7 Å².